The first-order chi connectivity index (χ1) is 9.52. The summed E-state index contributed by atoms with van der Waals surface area (Å²) in [6, 6.07) is 1.87. The van der Waals surface area contributed by atoms with Gasteiger partial charge in [-0.3, -0.25) is 4.79 Å². The average molecular weight is 342 g/mol. The van der Waals surface area contributed by atoms with Crippen LogP contribution in [0, 0.1) is 5.92 Å². The predicted octanol–water partition coefficient (Wildman–Crippen LogP) is 2.91. The van der Waals surface area contributed by atoms with Gasteiger partial charge in [0.25, 0.3) is 5.91 Å². The Hall–Kier alpha value is -0.810. The van der Waals surface area contributed by atoms with Crippen molar-refractivity contribution >= 4 is 21.8 Å². The minimum absolute atomic E-state index is 0.0169. The van der Waals surface area contributed by atoms with Crippen molar-refractivity contribution in [2.24, 2.45) is 11.7 Å². The molecule has 1 fully saturated rings. The number of nitrogens with zero attached hydrogens (tertiary/aromatic N) is 1. The van der Waals surface area contributed by atoms with Gasteiger partial charge >= 0.3 is 0 Å². The van der Waals surface area contributed by atoms with Crippen molar-refractivity contribution < 1.29 is 4.79 Å². The van der Waals surface area contributed by atoms with Crippen molar-refractivity contribution in [2.75, 3.05) is 6.54 Å². The fourth-order valence-corrected chi connectivity index (χ4v) is 3.63. The van der Waals surface area contributed by atoms with E-state index >= 15 is 0 Å². The minimum Gasteiger partial charge on any atom is -0.344 e. The average Bonchev–Trinajstić information content (AvgIpc) is 2.83. The summed E-state index contributed by atoms with van der Waals surface area (Å²) in [5.74, 6) is 0.412. The highest BCUT2D eigenvalue weighted by atomic mass is 79.9. The maximum absolute atomic E-state index is 12.6. The predicted molar refractivity (Wildman–Crippen MR) is 84.7 cm³/mol. The fourth-order valence-electron chi connectivity index (χ4n) is 3.17. The molecule has 1 heterocycles. The van der Waals surface area contributed by atoms with Crippen LogP contribution >= 0.6 is 15.9 Å². The second-order valence-corrected chi connectivity index (χ2v) is 6.71. The summed E-state index contributed by atoms with van der Waals surface area (Å²) in [7, 11) is 0. The van der Waals surface area contributed by atoms with Crippen LogP contribution < -0.4 is 11.1 Å². The highest BCUT2D eigenvalue weighted by Crippen LogP contribution is 2.33. The summed E-state index contributed by atoms with van der Waals surface area (Å²) in [5, 5.41) is 3.23. The molecule has 0 radical (unpaired) electrons. The van der Waals surface area contributed by atoms with E-state index in [9.17, 15) is 4.79 Å². The molecule has 1 amide bonds. The van der Waals surface area contributed by atoms with Gasteiger partial charge in [0.2, 0.25) is 0 Å². The van der Waals surface area contributed by atoms with Crippen molar-refractivity contribution in [2.45, 2.75) is 51.6 Å². The minimum atomic E-state index is -0.245. The molecule has 3 N–H and O–H groups in total. The SMILES string of the molecule is CCn1cc(Br)cc1C(=O)NC1(CN)CCCCC1C. The molecule has 0 saturated heterocycles. The van der Waals surface area contributed by atoms with E-state index in [1.165, 1.54) is 6.42 Å². The number of aromatic nitrogens is 1. The molecular formula is C15H24BrN3O. The van der Waals surface area contributed by atoms with E-state index in [1.807, 2.05) is 23.8 Å². The van der Waals surface area contributed by atoms with Crippen molar-refractivity contribution in [1.29, 1.82) is 0 Å². The van der Waals surface area contributed by atoms with Gasteiger partial charge in [-0.25, -0.2) is 0 Å². The first-order valence-electron chi connectivity index (χ1n) is 7.40. The first-order valence-corrected chi connectivity index (χ1v) is 8.20. The summed E-state index contributed by atoms with van der Waals surface area (Å²) >= 11 is 3.43. The molecule has 0 spiro atoms. The van der Waals surface area contributed by atoms with Crippen molar-refractivity contribution in [3.63, 3.8) is 0 Å². The molecule has 1 aromatic heterocycles. The van der Waals surface area contributed by atoms with Crippen LogP contribution in [0.2, 0.25) is 0 Å². The Labute approximate surface area is 129 Å². The van der Waals surface area contributed by atoms with Gasteiger partial charge in [-0.15, -0.1) is 0 Å². The summed E-state index contributed by atoms with van der Waals surface area (Å²) in [4.78, 5) is 12.6. The molecule has 1 aromatic rings. The molecule has 1 aliphatic carbocycles. The summed E-state index contributed by atoms with van der Waals surface area (Å²) in [6.45, 7) is 5.51. The van der Waals surface area contributed by atoms with E-state index in [0.717, 1.165) is 30.3 Å². The third-order valence-corrected chi connectivity index (χ3v) is 5.05. The number of hydrogen-bond acceptors (Lipinski definition) is 2. The largest absolute Gasteiger partial charge is 0.344 e. The molecule has 2 rings (SSSR count). The van der Waals surface area contributed by atoms with Crippen molar-refractivity contribution in [1.82, 2.24) is 9.88 Å². The van der Waals surface area contributed by atoms with Crippen LogP contribution in [-0.4, -0.2) is 22.6 Å². The summed E-state index contributed by atoms with van der Waals surface area (Å²) in [6.07, 6.45) is 6.42. The number of rotatable bonds is 4. The Kier molecular flexibility index (Phi) is 4.91. The second-order valence-electron chi connectivity index (χ2n) is 5.79. The Morgan fingerprint density at radius 3 is 2.95 bits per heavy atom. The highest BCUT2D eigenvalue weighted by Gasteiger charge is 2.38. The molecule has 20 heavy (non-hydrogen) atoms. The third-order valence-electron chi connectivity index (χ3n) is 4.62. The zero-order chi connectivity index (χ0) is 14.8. The molecular weight excluding hydrogens is 318 g/mol. The molecule has 5 heteroatoms. The lowest BCUT2D eigenvalue weighted by Gasteiger charge is -2.42. The lowest BCUT2D eigenvalue weighted by molar-refractivity contribution is 0.0803. The van der Waals surface area contributed by atoms with E-state index in [0.29, 0.717) is 18.2 Å². The fraction of sp³-hybridized carbons (Fsp3) is 0.667. The highest BCUT2D eigenvalue weighted by molar-refractivity contribution is 9.10. The van der Waals surface area contributed by atoms with Crippen LogP contribution in [-0.2, 0) is 6.54 Å². The number of amides is 1. The Morgan fingerprint density at radius 1 is 1.60 bits per heavy atom. The van der Waals surface area contributed by atoms with Gasteiger partial charge in [0.1, 0.15) is 5.69 Å². The lowest BCUT2D eigenvalue weighted by Crippen LogP contribution is -2.59. The van der Waals surface area contributed by atoms with Gasteiger partial charge < -0.3 is 15.6 Å². The quantitative estimate of drug-likeness (QED) is 0.884. The number of nitrogens with two attached hydrogens (primary N) is 1. The number of carbonyl (C=O) groups excluding carboxylic acids is 1. The van der Waals surface area contributed by atoms with Gasteiger partial charge in [-0.1, -0.05) is 19.8 Å². The van der Waals surface area contributed by atoms with E-state index in [4.69, 9.17) is 5.73 Å². The molecule has 1 saturated carbocycles. The Balaban J connectivity index is 2.20. The van der Waals surface area contributed by atoms with Crippen LogP contribution in [0.3, 0.4) is 0 Å². The third kappa shape index (κ3) is 2.93. The van der Waals surface area contributed by atoms with Gasteiger partial charge in [-0.05, 0) is 47.7 Å². The van der Waals surface area contributed by atoms with Gasteiger partial charge in [0.05, 0.1) is 5.54 Å². The molecule has 112 valence electrons. The number of carbonyl (C=O) groups is 1. The number of nitrogens with one attached hydrogen (secondary N) is 1. The molecule has 0 aliphatic heterocycles. The first kappa shape index (κ1) is 15.6. The van der Waals surface area contributed by atoms with Crippen LogP contribution in [0.1, 0.15) is 50.0 Å². The van der Waals surface area contributed by atoms with E-state index in [-0.39, 0.29) is 11.4 Å². The monoisotopic (exact) mass is 341 g/mol. The molecule has 2 atom stereocenters. The van der Waals surface area contributed by atoms with Crippen LogP contribution in [0.15, 0.2) is 16.7 Å². The topological polar surface area (TPSA) is 60.0 Å². The van der Waals surface area contributed by atoms with Crippen molar-refractivity contribution in [3.8, 4) is 0 Å². The van der Waals surface area contributed by atoms with Crippen molar-refractivity contribution in [3.05, 3.63) is 22.4 Å². The van der Waals surface area contributed by atoms with E-state index in [1.54, 1.807) is 0 Å². The molecule has 0 aromatic carbocycles. The number of hydrogen-bond donors (Lipinski definition) is 2. The standard InChI is InChI=1S/C15H24BrN3O/c1-3-19-9-12(16)8-13(19)14(20)18-15(10-17)7-5-4-6-11(15)2/h8-9,11H,3-7,10,17H2,1-2H3,(H,18,20). The summed E-state index contributed by atoms with van der Waals surface area (Å²) in [5.41, 5.74) is 6.45. The van der Waals surface area contributed by atoms with E-state index in [2.05, 4.69) is 28.2 Å². The van der Waals surface area contributed by atoms with Crippen LogP contribution in [0.5, 0.6) is 0 Å². The molecule has 0 bridgehead atoms. The molecule has 2 unspecified atom stereocenters. The van der Waals surface area contributed by atoms with Crippen LogP contribution in [0.25, 0.3) is 0 Å². The molecule has 1 aliphatic rings. The Bertz CT molecular complexity index is 485. The zero-order valence-corrected chi connectivity index (χ0v) is 13.9. The number of aryl methyl sites for hydroxylation is 1. The normalized spacial score (nSPS) is 26.5. The number of halogens is 1. The smallest absolute Gasteiger partial charge is 0.268 e. The lowest BCUT2D eigenvalue weighted by atomic mass is 9.73. The Morgan fingerprint density at radius 2 is 2.35 bits per heavy atom. The van der Waals surface area contributed by atoms with E-state index < -0.39 is 0 Å². The molecule has 4 nitrogen and oxygen atoms in total. The maximum Gasteiger partial charge on any atom is 0.268 e. The van der Waals surface area contributed by atoms with Crippen LogP contribution in [0.4, 0.5) is 0 Å². The second kappa shape index (κ2) is 6.31. The van der Waals surface area contributed by atoms with Gasteiger partial charge in [0.15, 0.2) is 0 Å². The van der Waals surface area contributed by atoms with Gasteiger partial charge in [-0.2, -0.15) is 0 Å². The zero-order valence-electron chi connectivity index (χ0n) is 12.3. The summed E-state index contributed by atoms with van der Waals surface area (Å²) < 4.78 is 2.89. The maximum atomic E-state index is 12.6. The van der Waals surface area contributed by atoms with Gasteiger partial charge in [0, 0.05) is 23.8 Å².